The molecule has 0 unspecified atom stereocenters. The van der Waals surface area contributed by atoms with Crippen LogP contribution in [0.1, 0.15) is 0 Å². The van der Waals surface area contributed by atoms with E-state index < -0.39 is 0 Å². The summed E-state index contributed by atoms with van der Waals surface area (Å²) < 4.78 is 0. The van der Waals surface area contributed by atoms with Gasteiger partial charge >= 0.3 is 0 Å². The van der Waals surface area contributed by atoms with Crippen molar-refractivity contribution in [1.82, 2.24) is 29.9 Å². The van der Waals surface area contributed by atoms with Crippen LogP contribution in [0.5, 0.6) is 0 Å². The molecular formula is C102H63N9. The molecule has 3 heterocycles. The average Bonchev–Trinajstić information content (AvgIpc) is 0.695. The van der Waals surface area contributed by atoms with Crippen LogP contribution in [0.25, 0.3) is 164 Å². The van der Waals surface area contributed by atoms with Crippen molar-refractivity contribution in [3.8, 4) is 33.4 Å². The molecule has 22 aromatic rings. The minimum Gasteiger partial charge on any atom is -0.311 e. The molecule has 0 aliphatic carbocycles. The summed E-state index contributed by atoms with van der Waals surface area (Å²) in [5, 5.41) is 12.3. The van der Waals surface area contributed by atoms with E-state index in [1.165, 1.54) is 0 Å². The first kappa shape index (κ1) is 63.2. The van der Waals surface area contributed by atoms with Crippen LogP contribution in [0.15, 0.2) is 382 Å². The van der Waals surface area contributed by atoms with Gasteiger partial charge in [-0.25, -0.2) is 29.9 Å². The molecule has 19 aromatic carbocycles. The SMILES string of the molecule is c1ccc(N(c2ccccc2)c2ccc(-c3ccc4c(c3)c3ccccc3c3nc5c6nc7c8ccc(-c9ccc(N(c%10ccccc%10)c%10ccccc%10)cc9)cc8c8ccccc8c7nc6c6nc7c8ccc(-c9ccc(N(c%10ccccc%10)c%10ccccc%10)cc9)cc8c8ccccc8c7nc6c5nc43)cc2)cc1. The van der Waals surface area contributed by atoms with Gasteiger partial charge in [0.2, 0.25) is 0 Å². The minimum absolute atomic E-state index is 0.598. The maximum atomic E-state index is 5.92. The summed E-state index contributed by atoms with van der Waals surface area (Å²) in [5.74, 6) is 0. The maximum absolute atomic E-state index is 5.92. The van der Waals surface area contributed by atoms with Crippen LogP contribution in [-0.4, -0.2) is 29.9 Å². The van der Waals surface area contributed by atoms with Gasteiger partial charge in [-0.2, -0.15) is 0 Å². The lowest BCUT2D eigenvalue weighted by molar-refractivity contribution is 1.28. The zero-order chi connectivity index (χ0) is 73.0. The molecule has 0 spiro atoms. The van der Waals surface area contributed by atoms with Gasteiger partial charge in [0.05, 0.1) is 33.1 Å². The second-order valence-electron chi connectivity index (χ2n) is 28.4. The van der Waals surface area contributed by atoms with Gasteiger partial charge in [-0.1, -0.05) is 255 Å². The number of rotatable bonds is 12. The summed E-state index contributed by atoms with van der Waals surface area (Å²) in [6.45, 7) is 0. The summed E-state index contributed by atoms with van der Waals surface area (Å²) in [7, 11) is 0. The Bertz CT molecular complexity index is 6610. The van der Waals surface area contributed by atoms with Gasteiger partial charge in [-0.15, -0.1) is 0 Å². The molecule has 0 N–H and O–H groups in total. The summed E-state index contributed by atoms with van der Waals surface area (Å²) in [6, 6.07) is 136. The number of para-hydroxylation sites is 6. The molecular weight excluding hydrogens is 1350 g/mol. The quantitative estimate of drug-likeness (QED) is 0.0877. The van der Waals surface area contributed by atoms with E-state index >= 15 is 0 Å². The Morgan fingerprint density at radius 2 is 0.279 bits per heavy atom. The number of anilines is 9. The van der Waals surface area contributed by atoms with Crippen molar-refractivity contribution in [1.29, 1.82) is 0 Å². The van der Waals surface area contributed by atoms with Crippen LogP contribution in [0.4, 0.5) is 51.2 Å². The molecule has 0 radical (unpaired) electrons. The van der Waals surface area contributed by atoms with Crippen molar-refractivity contribution in [2.75, 3.05) is 14.7 Å². The summed E-state index contributed by atoms with van der Waals surface area (Å²) >= 11 is 0. The van der Waals surface area contributed by atoms with Gasteiger partial charge in [0, 0.05) is 83.5 Å². The molecule has 111 heavy (non-hydrogen) atoms. The molecule has 9 heteroatoms. The van der Waals surface area contributed by atoms with E-state index in [-0.39, 0.29) is 0 Å². The van der Waals surface area contributed by atoms with Gasteiger partial charge in [-0.05, 0) is 193 Å². The first-order valence-corrected chi connectivity index (χ1v) is 37.6. The molecule has 22 rings (SSSR count). The number of fused-ring (bicyclic) bond motifs is 24. The van der Waals surface area contributed by atoms with E-state index in [1.807, 2.05) is 0 Å². The second kappa shape index (κ2) is 25.9. The summed E-state index contributed by atoms with van der Waals surface area (Å²) in [4.78, 5) is 42.3. The Hall–Kier alpha value is -15.1. The van der Waals surface area contributed by atoms with Crippen LogP contribution in [-0.2, 0) is 0 Å². The van der Waals surface area contributed by atoms with Gasteiger partial charge in [0.15, 0.2) is 0 Å². The Morgan fingerprint density at radius 3 is 0.486 bits per heavy atom. The fourth-order valence-corrected chi connectivity index (χ4v) is 16.9. The third-order valence-electron chi connectivity index (χ3n) is 22.1. The molecule has 516 valence electrons. The van der Waals surface area contributed by atoms with Crippen LogP contribution in [0.3, 0.4) is 0 Å². The average molecular weight is 1410 g/mol. The van der Waals surface area contributed by atoms with E-state index in [0.717, 1.165) is 182 Å². The molecule has 0 saturated carbocycles. The zero-order valence-corrected chi connectivity index (χ0v) is 59.9. The van der Waals surface area contributed by atoms with Gasteiger partial charge in [0.25, 0.3) is 0 Å². The molecule has 0 saturated heterocycles. The van der Waals surface area contributed by atoms with E-state index in [0.29, 0.717) is 33.1 Å². The molecule has 0 bridgehead atoms. The number of hydrogen-bond acceptors (Lipinski definition) is 9. The molecule has 9 nitrogen and oxygen atoms in total. The monoisotopic (exact) mass is 1410 g/mol. The summed E-state index contributed by atoms with van der Waals surface area (Å²) in [6.07, 6.45) is 0. The predicted molar refractivity (Wildman–Crippen MR) is 464 cm³/mol. The first-order valence-electron chi connectivity index (χ1n) is 37.6. The summed E-state index contributed by atoms with van der Waals surface area (Å²) in [5.41, 5.74) is 24.5. The molecule has 3 aromatic heterocycles. The topological polar surface area (TPSA) is 87.1 Å². The lowest BCUT2D eigenvalue weighted by Gasteiger charge is -2.25. The number of hydrogen-bond donors (Lipinski definition) is 0. The zero-order valence-electron chi connectivity index (χ0n) is 59.9. The number of aromatic nitrogens is 6. The van der Waals surface area contributed by atoms with Crippen LogP contribution < -0.4 is 14.7 Å². The Balaban J connectivity index is 0.752. The standard InChI is InChI=1S/C102H63N9/c1-7-25-70(26-8-1)109(71-27-9-2-10-28-71)76-52-43-64(44-53-76)67-49-58-85-88(61-67)79-37-19-22-40-82(79)91-94(85)106-100-97(103-91)101-99(105-93-84-42-24-21-39-81(84)90-63-69(51-60-87(90)96(93)107-101)66-47-56-78(57-48-66)111(74-33-15-5-16-34-74)75-35-17-6-18-36-75)102-98(100)104-92-83-41-23-20-38-80(83)89-62-68(50-59-86(89)95(92)108-102)65-45-54-77(55-46-65)110(72-29-11-3-12-30-72)73-31-13-4-14-32-73/h1-63H. The lowest BCUT2D eigenvalue weighted by atomic mass is 9.94. The highest BCUT2D eigenvalue weighted by molar-refractivity contribution is 6.32. The van der Waals surface area contributed by atoms with Crippen molar-refractivity contribution in [2.45, 2.75) is 0 Å². The highest BCUT2D eigenvalue weighted by Crippen LogP contribution is 2.47. The molecule has 0 aliphatic rings. The Labute approximate surface area is 638 Å². The van der Waals surface area contributed by atoms with Crippen molar-refractivity contribution < 1.29 is 0 Å². The fourth-order valence-electron chi connectivity index (χ4n) is 16.9. The number of benzene rings is 19. The minimum atomic E-state index is 0.598. The van der Waals surface area contributed by atoms with Crippen LogP contribution in [0, 0.1) is 0 Å². The molecule has 0 atom stereocenters. The largest absolute Gasteiger partial charge is 0.311 e. The third-order valence-corrected chi connectivity index (χ3v) is 22.1. The lowest BCUT2D eigenvalue weighted by Crippen LogP contribution is -2.09. The third kappa shape index (κ3) is 10.5. The van der Waals surface area contributed by atoms with Crippen LogP contribution >= 0.6 is 0 Å². The van der Waals surface area contributed by atoms with Gasteiger partial charge < -0.3 is 14.7 Å². The second-order valence-corrected chi connectivity index (χ2v) is 28.4. The van der Waals surface area contributed by atoms with Gasteiger partial charge in [-0.3, -0.25) is 0 Å². The Morgan fingerprint density at radius 1 is 0.117 bits per heavy atom. The normalized spacial score (nSPS) is 11.8. The molecule has 0 aliphatic heterocycles. The predicted octanol–water partition coefficient (Wildman–Crippen LogP) is 27.3. The van der Waals surface area contributed by atoms with Crippen LogP contribution in [0.2, 0.25) is 0 Å². The smallest absolute Gasteiger partial charge is 0.120 e. The fraction of sp³-hybridized carbons (Fsp3) is 0. The van der Waals surface area contributed by atoms with Crippen molar-refractivity contribution in [2.24, 2.45) is 0 Å². The van der Waals surface area contributed by atoms with Crippen molar-refractivity contribution in [3.63, 3.8) is 0 Å². The van der Waals surface area contributed by atoms with E-state index in [1.54, 1.807) is 0 Å². The highest BCUT2D eigenvalue weighted by Gasteiger charge is 2.26. The molecule has 0 fully saturated rings. The van der Waals surface area contributed by atoms with Crippen molar-refractivity contribution >= 4 is 182 Å². The number of nitrogens with zero attached hydrogens (tertiary/aromatic N) is 9. The maximum Gasteiger partial charge on any atom is 0.120 e. The van der Waals surface area contributed by atoms with E-state index in [4.69, 9.17) is 29.9 Å². The highest BCUT2D eigenvalue weighted by atomic mass is 15.2. The van der Waals surface area contributed by atoms with Crippen molar-refractivity contribution in [3.05, 3.63) is 382 Å². The van der Waals surface area contributed by atoms with Gasteiger partial charge in [0.1, 0.15) is 33.1 Å². The van der Waals surface area contributed by atoms with E-state index in [9.17, 15) is 0 Å². The Kier molecular flexibility index (Phi) is 14.7. The molecule has 0 amide bonds. The first-order chi connectivity index (χ1) is 55.0. The van der Waals surface area contributed by atoms with E-state index in [2.05, 4.69) is 397 Å².